The summed E-state index contributed by atoms with van der Waals surface area (Å²) in [7, 11) is 0. The minimum absolute atomic E-state index is 0.0799. The highest BCUT2D eigenvalue weighted by Gasteiger charge is 2.25. The molecule has 2 aromatic heterocycles. The van der Waals surface area contributed by atoms with Gasteiger partial charge in [-0.25, -0.2) is 14.3 Å². The van der Waals surface area contributed by atoms with Gasteiger partial charge in [0.05, 0.1) is 5.02 Å². The summed E-state index contributed by atoms with van der Waals surface area (Å²) in [4.78, 5) is 26.9. The van der Waals surface area contributed by atoms with E-state index in [-0.39, 0.29) is 30.2 Å². The maximum atomic E-state index is 12.5. The number of halogens is 1. The van der Waals surface area contributed by atoms with Crippen molar-refractivity contribution in [3.05, 3.63) is 62.7 Å². The van der Waals surface area contributed by atoms with Crippen molar-refractivity contribution < 1.29 is 19.0 Å². The number of nitro groups is 1. The number of imidazole rings is 1. The lowest BCUT2D eigenvalue weighted by molar-refractivity contribution is -0.392. The number of hydrogen-bond acceptors (Lipinski definition) is 7. The minimum atomic E-state index is -0.649. The Bertz CT molecular complexity index is 1010. The van der Waals surface area contributed by atoms with Crippen LogP contribution in [0, 0.1) is 24.0 Å². The van der Waals surface area contributed by atoms with E-state index in [1.54, 1.807) is 38.1 Å². The molecule has 0 N–H and O–H groups in total. The lowest BCUT2D eigenvalue weighted by Crippen LogP contribution is -2.14. The molecule has 3 aromatic rings. The molecule has 10 heteroatoms. The van der Waals surface area contributed by atoms with Crippen LogP contribution in [-0.4, -0.2) is 32.2 Å². The second kappa shape index (κ2) is 7.58. The highest BCUT2D eigenvalue weighted by Crippen LogP contribution is 2.31. The average molecular weight is 391 g/mol. The lowest BCUT2D eigenvalue weighted by Gasteiger charge is -2.06. The van der Waals surface area contributed by atoms with Crippen LogP contribution in [0.1, 0.15) is 21.9 Å². The van der Waals surface area contributed by atoms with E-state index in [1.807, 2.05) is 0 Å². The normalized spacial score (nSPS) is 10.8. The lowest BCUT2D eigenvalue weighted by atomic mass is 10.1. The van der Waals surface area contributed by atoms with Gasteiger partial charge in [-0.3, -0.25) is 0 Å². The molecule has 27 heavy (non-hydrogen) atoms. The highest BCUT2D eigenvalue weighted by molar-refractivity contribution is 6.33. The molecule has 0 bridgehead atoms. The molecular formula is C17H15ClN4O5. The first-order valence-electron chi connectivity index (χ1n) is 7.95. The van der Waals surface area contributed by atoms with Crippen LogP contribution in [0.25, 0.3) is 11.3 Å². The maximum Gasteiger partial charge on any atom is 0.344 e. The van der Waals surface area contributed by atoms with E-state index < -0.39 is 10.9 Å². The van der Waals surface area contributed by atoms with Crippen LogP contribution in [0.4, 0.5) is 5.82 Å². The molecule has 0 aliphatic heterocycles. The third-order valence-corrected chi connectivity index (χ3v) is 4.29. The zero-order chi connectivity index (χ0) is 19.6. The molecule has 0 aliphatic rings. The van der Waals surface area contributed by atoms with Gasteiger partial charge in [-0.15, -0.1) is 0 Å². The Morgan fingerprint density at radius 1 is 1.37 bits per heavy atom. The van der Waals surface area contributed by atoms with Crippen LogP contribution in [0.15, 0.2) is 35.0 Å². The van der Waals surface area contributed by atoms with Gasteiger partial charge in [0, 0.05) is 12.5 Å². The van der Waals surface area contributed by atoms with Crippen molar-refractivity contribution in [2.45, 2.75) is 20.4 Å². The van der Waals surface area contributed by atoms with Gasteiger partial charge in [-0.05, 0) is 17.9 Å². The van der Waals surface area contributed by atoms with Crippen LogP contribution in [0.2, 0.25) is 5.02 Å². The summed E-state index contributed by atoms with van der Waals surface area (Å²) < 4.78 is 11.8. The van der Waals surface area contributed by atoms with Gasteiger partial charge >= 0.3 is 11.8 Å². The van der Waals surface area contributed by atoms with Crippen molar-refractivity contribution >= 4 is 23.4 Å². The molecule has 0 radical (unpaired) electrons. The first kappa shape index (κ1) is 18.6. The molecule has 1 aromatic carbocycles. The fourth-order valence-electron chi connectivity index (χ4n) is 2.63. The predicted octanol–water partition coefficient (Wildman–Crippen LogP) is 3.57. The molecule has 0 saturated carbocycles. The minimum Gasteiger partial charge on any atom is -0.458 e. The van der Waals surface area contributed by atoms with E-state index in [2.05, 4.69) is 10.1 Å². The van der Waals surface area contributed by atoms with Crippen molar-refractivity contribution in [2.75, 3.05) is 6.61 Å². The summed E-state index contributed by atoms with van der Waals surface area (Å²) in [5.41, 5.74) is 0.997. The molecule has 3 rings (SSSR count). The molecule has 0 atom stereocenters. The van der Waals surface area contributed by atoms with E-state index in [0.29, 0.717) is 22.2 Å². The van der Waals surface area contributed by atoms with Crippen LogP contribution in [-0.2, 0) is 11.3 Å². The molecule has 9 nitrogen and oxygen atoms in total. The number of aryl methyl sites for hydroxylation is 2. The number of carbonyl (C=O) groups excluding carboxylic acids is 1. The summed E-state index contributed by atoms with van der Waals surface area (Å²) in [6.45, 7) is 3.24. The second-order valence-corrected chi connectivity index (χ2v) is 6.06. The van der Waals surface area contributed by atoms with Gasteiger partial charge in [-0.1, -0.05) is 35.0 Å². The van der Waals surface area contributed by atoms with Crippen molar-refractivity contribution in [2.24, 2.45) is 0 Å². The van der Waals surface area contributed by atoms with Crippen molar-refractivity contribution in [3.63, 3.8) is 0 Å². The number of ether oxygens (including phenoxy) is 1. The third-order valence-electron chi connectivity index (χ3n) is 3.96. The zero-order valence-electron chi connectivity index (χ0n) is 14.5. The van der Waals surface area contributed by atoms with Gasteiger partial charge in [0.1, 0.15) is 36.4 Å². The Kier molecular flexibility index (Phi) is 5.22. The zero-order valence-corrected chi connectivity index (χ0v) is 15.3. The number of hydrogen-bond donors (Lipinski definition) is 0. The van der Waals surface area contributed by atoms with Gasteiger partial charge in [0.25, 0.3) is 0 Å². The van der Waals surface area contributed by atoms with E-state index >= 15 is 0 Å². The molecule has 0 amide bonds. The smallest absolute Gasteiger partial charge is 0.344 e. The Labute approximate surface area is 158 Å². The first-order valence-corrected chi connectivity index (χ1v) is 8.32. The fraction of sp³-hybridized carbons (Fsp3) is 0.235. The first-order chi connectivity index (χ1) is 12.9. The predicted molar refractivity (Wildman–Crippen MR) is 95.6 cm³/mol. The molecule has 0 spiro atoms. The average Bonchev–Trinajstić information content (AvgIpc) is 3.18. The number of esters is 1. The largest absolute Gasteiger partial charge is 0.458 e. The van der Waals surface area contributed by atoms with Crippen molar-refractivity contribution in [3.8, 4) is 11.3 Å². The van der Waals surface area contributed by atoms with E-state index in [4.69, 9.17) is 20.9 Å². The summed E-state index contributed by atoms with van der Waals surface area (Å²) in [5, 5.41) is 15.3. The van der Waals surface area contributed by atoms with Crippen LogP contribution < -0.4 is 0 Å². The van der Waals surface area contributed by atoms with E-state index in [0.717, 1.165) is 6.20 Å². The topological polar surface area (TPSA) is 113 Å². The molecular weight excluding hydrogens is 376 g/mol. The van der Waals surface area contributed by atoms with Gasteiger partial charge in [-0.2, -0.15) is 0 Å². The highest BCUT2D eigenvalue weighted by atomic mass is 35.5. The Balaban J connectivity index is 1.77. The molecule has 0 saturated heterocycles. The molecule has 140 valence electrons. The quantitative estimate of drug-likeness (QED) is 0.359. The van der Waals surface area contributed by atoms with Gasteiger partial charge in [0.2, 0.25) is 0 Å². The standard InChI is InChI=1S/C17H15ClN4O5/c1-10-15(16(20-27-10)12-5-3-4-6-13(12)18)17(23)26-8-7-21-11(2)19-9-14(21)22(24)25/h3-6,9H,7-8H2,1-2H3. The summed E-state index contributed by atoms with van der Waals surface area (Å²) >= 11 is 6.17. The number of aromatic nitrogens is 3. The molecule has 2 heterocycles. The van der Waals surface area contributed by atoms with Crippen molar-refractivity contribution in [1.29, 1.82) is 0 Å². The molecule has 0 fully saturated rings. The Morgan fingerprint density at radius 3 is 2.81 bits per heavy atom. The number of carbonyl (C=O) groups is 1. The molecule has 0 unspecified atom stereocenters. The third kappa shape index (κ3) is 3.68. The number of nitrogens with zero attached hydrogens (tertiary/aromatic N) is 4. The van der Waals surface area contributed by atoms with Crippen LogP contribution in [0.3, 0.4) is 0 Å². The van der Waals surface area contributed by atoms with Crippen LogP contribution in [0.5, 0.6) is 0 Å². The summed E-state index contributed by atoms with van der Waals surface area (Å²) in [5.74, 6) is -0.0686. The monoisotopic (exact) mass is 390 g/mol. The summed E-state index contributed by atoms with van der Waals surface area (Å²) in [6, 6.07) is 6.92. The number of benzene rings is 1. The molecule has 0 aliphatic carbocycles. The Hall–Kier alpha value is -3.20. The van der Waals surface area contributed by atoms with Gasteiger partial charge < -0.3 is 19.4 Å². The second-order valence-electron chi connectivity index (χ2n) is 5.65. The summed E-state index contributed by atoms with van der Waals surface area (Å²) in [6.07, 6.45) is 1.16. The SMILES string of the molecule is Cc1onc(-c2ccccc2Cl)c1C(=O)OCCn1c([N+](=O)[O-])cnc1C. The van der Waals surface area contributed by atoms with Gasteiger partial charge in [0.15, 0.2) is 5.82 Å². The van der Waals surface area contributed by atoms with E-state index in [1.165, 1.54) is 4.57 Å². The van der Waals surface area contributed by atoms with Crippen LogP contribution >= 0.6 is 11.6 Å². The number of rotatable bonds is 6. The fourth-order valence-corrected chi connectivity index (χ4v) is 2.86. The van der Waals surface area contributed by atoms with Crippen molar-refractivity contribution in [1.82, 2.24) is 14.7 Å². The van der Waals surface area contributed by atoms with E-state index in [9.17, 15) is 14.9 Å². The Morgan fingerprint density at radius 2 is 2.11 bits per heavy atom. The maximum absolute atomic E-state index is 12.5.